The number of anilines is 1. The first-order valence-electron chi connectivity index (χ1n) is 7.96. The van der Waals surface area contributed by atoms with E-state index in [0.717, 1.165) is 17.0 Å². The van der Waals surface area contributed by atoms with Gasteiger partial charge in [-0.1, -0.05) is 19.1 Å². The molecule has 3 rings (SSSR count). The van der Waals surface area contributed by atoms with E-state index in [1.54, 1.807) is 41.7 Å². The van der Waals surface area contributed by atoms with Crippen molar-refractivity contribution in [3.8, 4) is 10.6 Å². The summed E-state index contributed by atoms with van der Waals surface area (Å²) in [5.41, 5.74) is 2.15. The number of hydrogen-bond acceptors (Lipinski definition) is 4. The molecule has 0 radical (unpaired) electrons. The topological polar surface area (TPSA) is 86.9 Å². The molecule has 2 amide bonds. The minimum absolute atomic E-state index is 0.155. The lowest BCUT2D eigenvalue weighted by Gasteiger charge is -2.07. The standard InChI is InChI=1S/C18H18N4O2S/c1-2-8-19-17(23)12-5-3-6-13(10-12)20-18(24)15-11-14(21-22-15)16-7-4-9-25-16/h3-7,9-11H,2,8H2,1H3,(H,19,23)(H,20,24)(H,21,22). The maximum Gasteiger partial charge on any atom is 0.276 e. The summed E-state index contributed by atoms with van der Waals surface area (Å²) in [6, 6.07) is 12.4. The Morgan fingerprint density at radius 2 is 2.04 bits per heavy atom. The third kappa shape index (κ3) is 4.13. The van der Waals surface area contributed by atoms with Crippen LogP contribution in [0, 0.1) is 0 Å². The predicted molar refractivity (Wildman–Crippen MR) is 98.9 cm³/mol. The Balaban J connectivity index is 1.70. The van der Waals surface area contributed by atoms with Crippen LogP contribution in [0.1, 0.15) is 34.2 Å². The van der Waals surface area contributed by atoms with Gasteiger partial charge in [0.05, 0.1) is 10.6 Å². The molecule has 3 aromatic rings. The highest BCUT2D eigenvalue weighted by Gasteiger charge is 2.13. The first kappa shape index (κ1) is 16.9. The number of H-pyrrole nitrogens is 1. The Labute approximate surface area is 149 Å². The minimum atomic E-state index is -0.329. The third-order valence-electron chi connectivity index (χ3n) is 3.52. The van der Waals surface area contributed by atoms with Gasteiger partial charge < -0.3 is 10.6 Å². The quantitative estimate of drug-likeness (QED) is 0.633. The molecule has 1 aromatic carbocycles. The van der Waals surface area contributed by atoms with Crippen molar-refractivity contribution < 1.29 is 9.59 Å². The number of carbonyl (C=O) groups excluding carboxylic acids is 2. The molecule has 0 aliphatic heterocycles. The molecule has 2 aromatic heterocycles. The van der Waals surface area contributed by atoms with Crippen molar-refractivity contribution in [2.75, 3.05) is 11.9 Å². The lowest BCUT2D eigenvalue weighted by atomic mass is 10.2. The molecule has 25 heavy (non-hydrogen) atoms. The second-order valence-corrected chi connectivity index (χ2v) is 6.38. The Morgan fingerprint density at radius 1 is 1.16 bits per heavy atom. The van der Waals surface area contributed by atoms with Gasteiger partial charge in [-0.2, -0.15) is 5.10 Å². The smallest absolute Gasteiger partial charge is 0.276 e. The van der Waals surface area contributed by atoms with Crippen LogP contribution in [0.25, 0.3) is 10.6 Å². The van der Waals surface area contributed by atoms with Gasteiger partial charge in [0.1, 0.15) is 0 Å². The van der Waals surface area contributed by atoms with Crippen molar-refractivity contribution in [1.29, 1.82) is 0 Å². The van der Waals surface area contributed by atoms with Crippen LogP contribution < -0.4 is 10.6 Å². The highest BCUT2D eigenvalue weighted by atomic mass is 32.1. The molecule has 0 atom stereocenters. The molecule has 0 bridgehead atoms. The number of nitrogens with one attached hydrogen (secondary N) is 3. The van der Waals surface area contributed by atoms with Gasteiger partial charge in [0, 0.05) is 17.8 Å². The molecular weight excluding hydrogens is 336 g/mol. The van der Waals surface area contributed by atoms with Gasteiger partial charge in [0.15, 0.2) is 5.69 Å². The zero-order valence-corrected chi connectivity index (χ0v) is 14.5. The van der Waals surface area contributed by atoms with E-state index in [9.17, 15) is 9.59 Å². The molecule has 0 aliphatic rings. The van der Waals surface area contributed by atoms with Gasteiger partial charge in [-0.15, -0.1) is 11.3 Å². The fourth-order valence-electron chi connectivity index (χ4n) is 2.27. The number of amides is 2. The summed E-state index contributed by atoms with van der Waals surface area (Å²) in [6.07, 6.45) is 0.869. The van der Waals surface area contributed by atoms with Crippen LogP contribution in [-0.4, -0.2) is 28.6 Å². The normalized spacial score (nSPS) is 10.4. The Morgan fingerprint density at radius 3 is 2.80 bits per heavy atom. The molecule has 0 aliphatic carbocycles. The minimum Gasteiger partial charge on any atom is -0.352 e. The number of thiophene rings is 1. The number of hydrogen-bond donors (Lipinski definition) is 3. The van der Waals surface area contributed by atoms with Gasteiger partial charge in [-0.25, -0.2) is 0 Å². The van der Waals surface area contributed by atoms with E-state index in [-0.39, 0.29) is 11.8 Å². The van der Waals surface area contributed by atoms with Gasteiger partial charge >= 0.3 is 0 Å². The van der Waals surface area contributed by atoms with Crippen molar-refractivity contribution in [3.05, 3.63) is 59.1 Å². The van der Waals surface area contributed by atoms with Crippen molar-refractivity contribution >= 4 is 28.8 Å². The molecule has 7 heteroatoms. The average Bonchev–Trinajstić information content (AvgIpc) is 3.30. The van der Waals surface area contributed by atoms with Gasteiger partial charge in [-0.05, 0) is 42.1 Å². The summed E-state index contributed by atoms with van der Waals surface area (Å²) in [7, 11) is 0. The zero-order valence-electron chi connectivity index (χ0n) is 13.7. The van der Waals surface area contributed by atoms with E-state index in [2.05, 4.69) is 20.8 Å². The van der Waals surface area contributed by atoms with E-state index < -0.39 is 0 Å². The van der Waals surface area contributed by atoms with Crippen LogP contribution >= 0.6 is 11.3 Å². The lowest BCUT2D eigenvalue weighted by Crippen LogP contribution is -2.24. The number of benzene rings is 1. The van der Waals surface area contributed by atoms with Gasteiger partial charge in [-0.3, -0.25) is 14.7 Å². The Hall–Kier alpha value is -2.93. The monoisotopic (exact) mass is 354 g/mol. The van der Waals surface area contributed by atoms with Gasteiger partial charge in [0.2, 0.25) is 0 Å². The molecule has 2 heterocycles. The number of carbonyl (C=O) groups is 2. The lowest BCUT2D eigenvalue weighted by molar-refractivity contribution is 0.0952. The Bertz CT molecular complexity index is 871. The second kappa shape index (κ2) is 7.76. The zero-order chi connectivity index (χ0) is 17.6. The first-order valence-corrected chi connectivity index (χ1v) is 8.84. The first-order chi connectivity index (χ1) is 12.2. The summed E-state index contributed by atoms with van der Waals surface area (Å²) in [4.78, 5) is 25.4. The van der Waals surface area contributed by atoms with E-state index in [1.165, 1.54) is 0 Å². The Kier molecular flexibility index (Phi) is 5.25. The number of nitrogens with zero attached hydrogens (tertiary/aromatic N) is 1. The molecule has 6 nitrogen and oxygen atoms in total. The predicted octanol–water partition coefficient (Wildman–Crippen LogP) is 3.53. The summed E-state index contributed by atoms with van der Waals surface area (Å²) in [5.74, 6) is -0.483. The van der Waals surface area contributed by atoms with Crippen LogP contribution in [0.5, 0.6) is 0 Å². The fraction of sp³-hybridized carbons (Fsp3) is 0.167. The number of aromatic amines is 1. The van der Waals surface area contributed by atoms with Crippen molar-refractivity contribution in [2.24, 2.45) is 0 Å². The fourth-order valence-corrected chi connectivity index (χ4v) is 2.96. The largest absolute Gasteiger partial charge is 0.352 e. The number of aromatic nitrogens is 2. The molecule has 0 spiro atoms. The van der Waals surface area contributed by atoms with Crippen LogP contribution in [-0.2, 0) is 0 Å². The summed E-state index contributed by atoms with van der Waals surface area (Å²) in [5, 5.41) is 14.5. The SMILES string of the molecule is CCCNC(=O)c1cccc(NC(=O)c2cc(-c3cccs3)[nH]n2)c1. The molecule has 0 unspecified atom stereocenters. The maximum atomic E-state index is 12.4. The van der Waals surface area contributed by atoms with Crippen LogP contribution in [0.3, 0.4) is 0 Å². The molecule has 0 saturated carbocycles. The third-order valence-corrected chi connectivity index (χ3v) is 4.42. The van der Waals surface area contributed by atoms with Crippen LogP contribution in [0.2, 0.25) is 0 Å². The molecule has 128 valence electrons. The van der Waals surface area contributed by atoms with Gasteiger partial charge in [0.25, 0.3) is 11.8 Å². The maximum absolute atomic E-state index is 12.4. The molecule has 0 saturated heterocycles. The summed E-state index contributed by atoms with van der Waals surface area (Å²) >= 11 is 1.57. The van der Waals surface area contributed by atoms with Crippen molar-refractivity contribution in [1.82, 2.24) is 15.5 Å². The molecular formula is C18H18N4O2S. The second-order valence-electron chi connectivity index (χ2n) is 5.43. The van der Waals surface area contributed by atoms with E-state index in [0.29, 0.717) is 23.5 Å². The molecule has 0 fully saturated rings. The van der Waals surface area contributed by atoms with Crippen molar-refractivity contribution in [3.63, 3.8) is 0 Å². The average molecular weight is 354 g/mol. The van der Waals surface area contributed by atoms with Crippen LogP contribution in [0.4, 0.5) is 5.69 Å². The highest BCUT2D eigenvalue weighted by molar-refractivity contribution is 7.13. The molecule has 3 N–H and O–H groups in total. The summed E-state index contributed by atoms with van der Waals surface area (Å²) in [6.45, 7) is 2.61. The van der Waals surface area contributed by atoms with Crippen molar-refractivity contribution in [2.45, 2.75) is 13.3 Å². The van der Waals surface area contributed by atoms with Crippen LogP contribution in [0.15, 0.2) is 47.8 Å². The highest BCUT2D eigenvalue weighted by Crippen LogP contribution is 2.23. The summed E-state index contributed by atoms with van der Waals surface area (Å²) < 4.78 is 0. The van der Waals surface area contributed by atoms with E-state index in [4.69, 9.17) is 0 Å². The number of rotatable bonds is 6. The van der Waals surface area contributed by atoms with E-state index in [1.807, 2.05) is 24.4 Å². The van der Waals surface area contributed by atoms with E-state index >= 15 is 0 Å².